The zero-order chi connectivity index (χ0) is 37.8. The van der Waals surface area contributed by atoms with Gasteiger partial charge in [0.05, 0.1) is 16.3 Å². The Labute approximate surface area is 309 Å². The predicted molar refractivity (Wildman–Crippen MR) is 206 cm³/mol. The molecule has 0 aliphatic rings. The molecule has 0 atom stereocenters. The largest absolute Gasteiger partial charge is 0.744 e. The number of carbonyl (C=O) groups excluding carboxylic acids is 2. The van der Waals surface area contributed by atoms with Gasteiger partial charge in [-0.25, -0.2) is 17.6 Å². The normalized spacial score (nSPS) is 10.7. The maximum Gasteiger partial charge on any atom is 0.255 e. The van der Waals surface area contributed by atoms with Gasteiger partial charge >= 0.3 is 0 Å². The molecule has 0 aliphatic carbocycles. The molecule has 12 heteroatoms. The van der Waals surface area contributed by atoms with Gasteiger partial charge in [0.1, 0.15) is 23.2 Å². The van der Waals surface area contributed by atoms with Crippen molar-refractivity contribution in [3.63, 3.8) is 0 Å². The molecule has 0 radical (unpaired) electrons. The molecule has 270 valence electrons. The summed E-state index contributed by atoms with van der Waals surface area (Å²) >= 11 is 0. The Morgan fingerprint density at radius 2 is 0.830 bits per heavy atom. The molecule has 0 aliphatic heterocycles. The lowest BCUT2D eigenvalue weighted by molar-refractivity contribution is -0.693. The molecule has 2 heterocycles. The van der Waals surface area contributed by atoms with Gasteiger partial charge in [-0.3, -0.25) is 9.59 Å². The molecule has 0 fully saturated rings. The van der Waals surface area contributed by atoms with Crippen LogP contribution in [-0.2, 0) is 23.2 Å². The van der Waals surface area contributed by atoms with E-state index in [0.29, 0.717) is 22.5 Å². The average molecular weight is 730 g/mol. The Balaban J connectivity index is 0.000000422. The molecule has 0 bridgehead atoms. The quantitative estimate of drug-likeness (QED) is 0.0815. The summed E-state index contributed by atoms with van der Waals surface area (Å²) in [6.45, 7) is 7.86. The molecule has 11 nitrogen and oxygen atoms in total. The van der Waals surface area contributed by atoms with Crippen molar-refractivity contribution in [2.24, 2.45) is 0 Å². The Kier molecular flexibility index (Phi) is 12.7. The zero-order valence-electron chi connectivity index (χ0n) is 29.6. The van der Waals surface area contributed by atoms with E-state index in [2.05, 4.69) is 44.2 Å². The van der Waals surface area contributed by atoms with Crippen LogP contribution in [-0.4, -0.2) is 24.8 Å². The van der Waals surface area contributed by atoms with E-state index in [1.807, 2.05) is 105 Å². The molecule has 53 heavy (non-hydrogen) atoms. The van der Waals surface area contributed by atoms with Crippen molar-refractivity contribution in [3.05, 3.63) is 163 Å². The van der Waals surface area contributed by atoms with Crippen molar-refractivity contribution in [1.82, 2.24) is 0 Å². The van der Waals surface area contributed by atoms with Gasteiger partial charge in [0.2, 0.25) is 0 Å². The van der Waals surface area contributed by atoms with E-state index < -0.39 is 10.1 Å². The smallest absolute Gasteiger partial charge is 0.255 e. The first kappa shape index (κ1) is 37.9. The highest BCUT2D eigenvalue weighted by Gasteiger charge is 2.11. The van der Waals surface area contributed by atoms with Crippen molar-refractivity contribution in [2.75, 3.05) is 21.3 Å². The third-order valence-electron chi connectivity index (χ3n) is 8.09. The third kappa shape index (κ3) is 11.3. The predicted octanol–water partition coefficient (Wildman–Crippen LogP) is 7.19. The Bertz CT molecular complexity index is 2100. The fraction of sp³-hybridized carbons (Fsp3) is 0.122. The first-order valence-electron chi connectivity index (χ1n) is 17.0. The van der Waals surface area contributed by atoms with E-state index in [4.69, 9.17) is 0 Å². The van der Waals surface area contributed by atoms with Crippen LogP contribution < -0.4 is 30.4 Å². The lowest BCUT2D eigenvalue weighted by Crippen LogP contribution is -2.30. The van der Waals surface area contributed by atoms with Gasteiger partial charge in [0.15, 0.2) is 24.8 Å². The number of nitrogens with one attached hydrogen (secondary N) is 4. The molecule has 2 aromatic heterocycles. The fourth-order valence-electron chi connectivity index (χ4n) is 4.99. The van der Waals surface area contributed by atoms with Crippen LogP contribution in [0.25, 0.3) is 0 Å². The fourth-order valence-corrected chi connectivity index (χ4v) is 5.46. The average Bonchev–Trinajstić information content (AvgIpc) is 3.17. The molecular formula is C41H41N6O5S+. The van der Waals surface area contributed by atoms with Crippen LogP contribution in [0.2, 0.25) is 0 Å². The van der Waals surface area contributed by atoms with Crippen molar-refractivity contribution < 1.29 is 31.7 Å². The number of amides is 2. The van der Waals surface area contributed by atoms with Crippen molar-refractivity contribution in [2.45, 2.75) is 38.8 Å². The summed E-state index contributed by atoms with van der Waals surface area (Å²) in [7, 11) is -4.27. The number of anilines is 6. The van der Waals surface area contributed by atoms with Crippen LogP contribution in [0, 0.1) is 6.92 Å². The molecule has 0 spiro atoms. The van der Waals surface area contributed by atoms with E-state index in [9.17, 15) is 22.6 Å². The summed E-state index contributed by atoms with van der Waals surface area (Å²) in [5.74, 6) is -0.498. The Morgan fingerprint density at radius 1 is 0.509 bits per heavy atom. The number of carbonyl (C=O) groups is 2. The molecule has 2 amide bonds. The first-order chi connectivity index (χ1) is 25.5. The van der Waals surface area contributed by atoms with Crippen LogP contribution >= 0.6 is 0 Å². The summed E-state index contributed by atoms with van der Waals surface area (Å²) < 4.78 is 35.3. The number of aromatic nitrogens is 2. The number of aryl methyl sites for hydroxylation is 3. The molecule has 0 saturated carbocycles. The second-order valence-corrected chi connectivity index (χ2v) is 13.4. The lowest BCUT2D eigenvalue weighted by Gasteiger charge is -2.10. The summed E-state index contributed by atoms with van der Waals surface area (Å²) in [5, 5.41) is 12.5. The molecular weight excluding hydrogens is 689 g/mol. The summed E-state index contributed by atoms with van der Waals surface area (Å²) in [5.41, 5.74) is 7.03. The molecule has 6 aromatic rings. The van der Waals surface area contributed by atoms with Gasteiger partial charge in [-0.1, -0.05) is 17.7 Å². The Hall–Kier alpha value is -6.37. The molecule has 4 aromatic carbocycles. The van der Waals surface area contributed by atoms with Crippen LogP contribution in [0.1, 0.15) is 40.1 Å². The van der Waals surface area contributed by atoms with Crippen LogP contribution in [0.5, 0.6) is 0 Å². The van der Waals surface area contributed by atoms with Crippen molar-refractivity contribution in [3.8, 4) is 0 Å². The van der Waals surface area contributed by atoms with Crippen molar-refractivity contribution >= 4 is 56.1 Å². The second-order valence-electron chi connectivity index (χ2n) is 12.0. The van der Waals surface area contributed by atoms with E-state index in [1.54, 1.807) is 36.4 Å². The zero-order valence-corrected chi connectivity index (χ0v) is 30.4. The number of pyridine rings is 2. The van der Waals surface area contributed by atoms with Gasteiger partial charge in [0.25, 0.3) is 11.8 Å². The maximum atomic E-state index is 12.8. The maximum absolute atomic E-state index is 12.8. The first-order valence-corrected chi connectivity index (χ1v) is 18.4. The van der Waals surface area contributed by atoms with Crippen LogP contribution in [0.3, 0.4) is 0 Å². The van der Waals surface area contributed by atoms with Gasteiger partial charge in [-0.2, -0.15) is 0 Å². The topological polar surface area (TPSA) is 147 Å². The number of hydrogen-bond donors (Lipinski definition) is 4. The molecule has 4 N–H and O–H groups in total. The third-order valence-corrected chi connectivity index (χ3v) is 8.94. The number of rotatable bonds is 11. The minimum Gasteiger partial charge on any atom is -0.744 e. The summed E-state index contributed by atoms with van der Waals surface area (Å²) in [6, 6.07) is 35.5. The minimum atomic E-state index is -4.27. The van der Waals surface area contributed by atoms with Gasteiger partial charge in [-0.05, 0) is 106 Å². The van der Waals surface area contributed by atoms with E-state index in [-0.39, 0.29) is 16.7 Å². The number of hydrogen-bond acceptors (Lipinski definition) is 7. The van der Waals surface area contributed by atoms with Crippen LogP contribution in [0.15, 0.2) is 151 Å². The highest BCUT2D eigenvalue weighted by Crippen LogP contribution is 2.21. The number of nitrogens with zero attached hydrogens (tertiary/aromatic N) is 2. The number of benzene rings is 4. The second kappa shape index (κ2) is 17.7. The highest BCUT2D eigenvalue weighted by molar-refractivity contribution is 7.85. The monoisotopic (exact) mass is 729 g/mol. The van der Waals surface area contributed by atoms with Crippen LogP contribution in [0.4, 0.5) is 34.1 Å². The molecule has 6 rings (SSSR count). The van der Waals surface area contributed by atoms with Crippen molar-refractivity contribution in [1.29, 1.82) is 0 Å². The van der Waals surface area contributed by atoms with Gasteiger partial charge in [-0.15, -0.1) is 0 Å². The van der Waals surface area contributed by atoms with E-state index >= 15 is 0 Å². The molecule has 0 saturated heterocycles. The highest BCUT2D eigenvalue weighted by atomic mass is 32.2. The van der Waals surface area contributed by atoms with E-state index in [1.165, 1.54) is 12.1 Å². The van der Waals surface area contributed by atoms with E-state index in [0.717, 1.165) is 41.4 Å². The summed E-state index contributed by atoms with van der Waals surface area (Å²) in [6.07, 6.45) is 8.09. The molecule has 0 unspecified atom stereocenters. The minimum absolute atomic E-state index is 0.178. The lowest BCUT2D eigenvalue weighted by atomic mass is 10.1. The SMILES string of the molecule is CC[n+]1ccc(Nc2ccc(NC(=O)c3ccc(C(=O)Nc4ccc(Nc5cc[n+](CC)cc5)cc4)cc3)cc2)cc1.Cc1ccc(S(=O)(=O)[O-])cc1. The van der Waals surface area contributed by atoms with Gasteiger partial charge in [0, 0.05) is 58.1 Å². The summed E-state index contributed by atoms with van der Waals surface area (Å²) in [4.78, 5) is 25.4. The van der Waals surface area contributed by atoms with Gasteiger partial charge < -0.3 is 25.8 Å². The standard InChI is InChI=1S/C34H32N6O2.C7H8O3S/c1-3-39-21-17-31(18-22-39)35-27-9-13-29(14-10-27)37-33(41)25-5-7-26(8-6-25)34(42)38-30-15-11-28(12-16-30)36-32-19-23-40(4-2)24-20-32;1-6-2-4-7(5-3-6)11(8,9)10/h5-24H,3-4H2,1-2H3,(H2,37,38,41,42);2-5H,1H3,(H,8,9,10)/p+1. The Morgan fingerprint density at radius 3 is 1.15 bits per heavy atom.